The van der Waals surface area contributed by atoms with Crippen LogP contribution in [0.25, 0.3) is 0 Å². The van der Waals surface area contributed by atoms with Gasteiger partial charge in [0.1, 0.15) is 0 Å². The Kier molecular flexibility index (Phi) is 6.81. The summed E-state index contributed by atoms with van der Waals surface area (Å²) in [4.78, 5) is 28.3. The number of rotatable bonds is 8. The summed E-state index contributed by atoms with van der Waals surface area (Å²) in [6, 6.07) is 0. The molecule has 1 unspecified atom stereocenters. The maximum atomic E-state index is 11.0. The number of carboxylic acid groups (broad SMARTS) is 1. The van der Waals surface area contributed by atoms with Gasteiger partial charge in [-0.2, -0.15) is 0 Å². The lowest BCUT2D eigenvalue weighted by Gasteiger charge is -2.15. The molecule has 0 amide bonds. The highest BCUT2D eigenvalue weighted by Crippen LogP contribution is 2.45. The molecule has 1 atom stereocenters. The number of hydrogen-bond acceptors (Lipinski definition) is 2. The third-order valence-electron chi connectivity index (χ3n) is 2.28. The molecule has 0 heterocycles. The van der Waals surface area contributed by atoms with Crippen LogP contribution >= 0.6 is 7.60 Å². The molecule has 0 spiro atoms. The predicted octanol–water partition coefficient (Wildman–Crippen LogP) is 1.98. The van der Waals surface area contributed by atoms with Crippen LogP contribution in [-0.2, 0) is 9.36 Å². The lowest BCUT2D eigenvalue weighted by Crippen LogP contribution is -2.14. The third kappa shape index (κ3) is 7.54. The first-order valence-corrected chi connectivity index (χ1v) is 6.83. The van der Waals surface area contributed by atoms with Gasteiger partial charge in [0, 0.05) is 0 Å². The van der Waals surface area contributed by atoms with E-state index in [9.17, 15) is 9.36 Å². The first-order valence-electron chi connectivity index (χ1n) is 5.15. The van der Waals surface area contributed by atoms with Gasteiger partial charge in [-0.3, -0.25) is 9.36 Å². The molecule has 0 aliphatic heterocycles. The van der Waals surface area contributed by atoms with Crippen LogP contribution < -0.4 is 0 Å². The number of unbranched alkanes of at least 4 members (excludes halogenated alkanes) is 3. The maximum Gasteiger partial charge on any atom is 0.329 e. The molecule has 0 saturated heterocycles. The molecule has 6 heteroatoms. The normalized spacial score (nSPS) is 13.8. The Labute approximate surface area is 89.7 Å². The second kappa shape index (κ2) is 6.99. The summed E-state index contributed by atoms with van der Waals surface area (Å²) in [7, 11) is -4.26. The van der Waals surface area contributed by atoms with Gasteiger partial charge in [0.15, 0.2) is 0 Å². The van der Waals surface area contributed by atoms with E-state index in [1.165, 1.54) is 0 Å². The molecular formula is C9H19O5P. The minimum absolute atomic E-state index is 0.288. The van der Waals surface area contributed by atoms with Crippen molar-refractivity contribution in [3.63, 3.8) is 0 Å². The van der Waals surface area contributed by atoms with Crippen LogP contribution in [0.1, 0.15) is 45.4 Å². The molecule has 0 bridgehead atoms. The van der Waals surface area contributed by atoms with E-state index in [2.05, 4.69) is 0 Å². The lowest BCUT2D eigenvalue weighted by molar-refractivity contribution is -0.137. The van der Waals surface area contributed by atoms with Crippen LogP contribution in [0, 0.1) is 0 Å². The second-order valence-corrected chi connectivity index (χ2v) is 5.60. The summed E-state index contributed by atoms with van der Waals surface area (Å²) < 4.78 is 11.0. The van der Waals surface area contributed by atoms with Crippen molar-refractivity contribution in [3.8, 4) is 0 Å². The topological polar surface area (TPSA) is 94.8 Å². The molecule has 15 heavy (non-hydrogen) atoms. The van der Waals surface area contributed by atoms with Gasteiger partial charge in [0.05, 0.1) is 12.1 Å². The van der Waals surface area contributed by atoms with Gasteiger partial charge in [0.25, 0.3) is 0 Å². The average molecular weight is 238 g/mol. The summed E-state index contributed by atoms with van der Waals surface area (Å²) in [6.45, 7) is 2.04. The Morgan fingerprint density at radius 1 is 1.27 bits per heavy atom. The van der Waals surface area contributed by atoms with E-state index >= 15 is 0 Å². The Balaban J connectivity index is 4.03. The smallest absolute Gasteiger partial charge is 0.329 e. The van der Waals surface area contributed by atoms with E-state index < -0.39 is 25.6 Å². The SMILES string of the molecule is CCCCCCC(CC(=O)O)P(=O)(O)O. The van der Waals surface area contributed by atoms with Crippen LogP contribution in [0.5, 0.6) is 0 Å². The van der Waals surface area contributed by atoms with Crippen LogP contribution in [-0.4, -0.2) is 26.5 Å². The van der Waals surface area contributed by atoms with Gasteiger partial charge in [-0.25, -0.2) is 0 Å². The minimum Gasteiger partial charge on any atom is -0.481 e. The zero-order valence-corrected chi connectivity index (χ0v) is 9.82. The number of aliphatic carboxylic acids is 1. The van der Waals surface area contributed by atoms with Crippen LogP contribution in [0.3, 0.4) is 0 Å². The summed E-state index contributed by atoms with van der Waals surface area (Å²) in [5, 5.41) is 8.51. The predicted molar refractivity (Wildman–Crippen MR) is 56.8 cm³/mol. The van der Waals surface area contributed by atoms with Crippen molar-refractivity contribution >= 4 is 13.6 Å². The summed E-state index contributed by atoms with van der Waals surface area (Å²) in [5.41, 5.74) is -1.02. The van der Waals surface area contributed by atoms with Gasteiger partial charge in [-0.05, 0) is 6.42 Å². The zero-order valence-electron chi connectivity index (χ0n) is 8.93. The molecule has 0 radical (unpaired) electrons. The molecule has 0 aliphatic rings. The first-order chi connectivity index (χ1) is 6.88. The fourth-order valence-corrected chi connectivity index (χ4v) is 2.31. The number of carboxylic acids is 1. The highest BCUT2D eigenvalue weighted by Gasteiger charge is 2.30. The largest absolute Gasteiger partial charge is 0.481 e. The summed E-state index contributed by atoms with van der Waals surface area (Å²) >= 11 is 0. The van der Waals surface area contributed by atoms with Gasteiger partial charge in [-0.15, -0.1) is 0 Å². The Hall–Kier alpha value is -0.380. The molecule has 0 aromatic carbocycles. The van der Waals surface area contributed by atoms with Crippen LogP contribution in [0.15, 0.2) is 0 Å². The fraction of sp³-hybridized carbons (Fsp3) is 0.889. The Morgan fingerprint density at radius 2 is 1.87 bits per heavy atom. The third-order valence-corrected chi connectivity index (χ3v) is 3.67. The second-order valence-electron chi connectivity index (χ2n) is 3.69. The monoisotopic (exact) mass is 238 g/mol. The zero-order chi connectivity index (χ0) is 11.9. The Morgan fingerprint density at radius 3 is 2.27 bits per heavy atom. The summed E-state index contributed by atoms with van der Waals surface area (Å²) in [6.07, 6.45) is 3.47. The Bertz CT molecular complexity index is 235. The lowest BCUT2D eigenvalue weighted by atomic mass is 10.1. The van der Waals surface area contributed by atoms with E-state index in [0.29, 0.717) is 6.42 Å². The fourth-order valence-electron chi connectivity index (χ4n) is 1.40. The van der Waals surface area contributed by atoms with E-state index in [1.54, 1.807) is 0 Å². The first kappa shape index (κ1) is 14.6. The number of carbonyl (C=O) groups is 1. The highest BCUT2D eigenvalue weighted by molar-refractivity contribution is 7.52. The average Bonchev–Trinajstić information content (AvgIpc) is 2.08. The van der Waals surface area contributed by atoms with Gasteiger partial charge < -0.3 is 14.9 Å². The van der Waals surface area contributed by atoms with Crippen molar-refractivity contribution in [3.05, 3.63) is 0 Å². The molecule has 0 rings (SSSR count). The molecule has 0 aromatic rings. The van der Waals surface area contributed by atoms with E-state index in [1.807, 2.05) is 6.92 Å². The van der Waals surface area contributed by atoms with E-state index in [-0.39, 0.29) is 6.42 Å². The minimum atomic E-state index is -4.26. The van der Waals surface area contributed by atoms with E-state index in [0.717, 1.165) is 19.3 Å². The molecule has 0 aliphatic carbocycles. The van der Waals surface area contributed by atoms with Crippen molar-refractivity contribution in [1.29, 1.82) is 0 Å². The molecule has 0 aromatic heterocycles. The molecule has 90 valence electrons. The van der Waals surface area contributed by atoms with Crippen LogP contribution in [0.2, 0.25) is 0 Å². The van der Waals surface area contributed by atoms with Crippen molar-refractivity contribution in [2.75, 3.05) is 0 Å². The maximum absolute atomic E-state index is 11.0. The molecule has 5 nitrogen and oxygen atoms in total. The van der Waals surface area contributed by atoms with E-state index in [4.69, 9.17) is 14.9 Å². The van der Waals surface area contributed by atoms with Gasteiger partial charge in [-0.1, -0.05) is 32.6 Å². The highest BCUT2D eigenvalue weighted by atomic mass is 31.2. The van der Waals surface area contributed by atoms with Crippen molar-refractivity contribution in [2.45, 2.75) is 51.1 Å². The molecule has 0 fully saturated rings. The van der Waals surface area contributed by atoms with Crippen molar-refractivity contribution < 1.29 is 24.3 Å². The number of hydrogen-bond donors (Lipinski definition) is 3. The molecular weight excluding hydrogens is 219 g/mol. The standard InChI is InChI=1S/C9H19O5P/c1-2-3-4-5-6-8(7-9(10)11)15(12,13)14/h8H,2-7H2,1H3,(H,10,11)(H2,12,13,14). The molecule has 0 saturated carbocycles. The van der Waals surface area contributed by atoms with Crippen molar-refractivity contribution in [1.82, 2.24) is 0 Å². The quantitative estimate of drug-likeness (QED) is 0.444. The van der Waals surface area contributed by atoms with Crippen molar-refractivity contribution in [2.24, 2.45) is 0 Å². The van der Waals surface area contributed by atoms with Gasteiger partial charge >= 0.3 is 13.6 Å². The molecule has 3 N–H and O–H groups in total. The van der Waals surface area contributed by atoms with Crippen LogP contribution in [0.4, 0.5) is 0 Å². The van der Waals surface area contributed by atoms with Gasteiger partial charge in [0.2, 0.25) is 0 Å². The summed E-state index contributed by atoms with van der Waals surface area (Å²) in [5.74, 6) is -1.15.